The molecule has 0 spiro atoms. The fraction of sp³-hybridized carbons (Fsp3) is 0.250. The minimum atomic E-state index is 0.507. The van der Waals surface area contributed by atoms with E-state index in [9.17, 15) is 0 Å². The molecule has 0 fully saturated rings. The zero-order valence-corrected chi connectivity index (χ0v) is 13.2. The van der Waals surface area contributed by atoms with E-state index < -0.39 is 0 Å². The molecule has 0 nitrogen and oxygen atoms in total. The van der Waals surface area contributed by atoms with Crippen LogP contribution < -0.4 is 0 Å². The van der Waals surface area contributed by atoms with Gasteiger partial charge in [0.1, 0.15) is 0 Å². The van der Waals surface area contributed by atoms with Crippen molar-refractivity contribution in [2.24, 2.45) is 0 Å². The first-order valence-corrected chi connectivity index (χ1v) is 8.22. The fourth-order valence-electron chi connectivity index (χ4n) is 2.71. The molecule has 0 saturated carbocycles. The van der Waals surface area contributed by atoms with Gasteiger partial charge in [0.25, 0.3) is 0 Å². The first-order chi connectivity index (χ1) is 8.79. The monoisotopic (exact) mass is 364 g/mol. The molecule has 1 unspecified atom stereocenters. The highest BCUT2D eigenvalue weighted by molar-refractivity contribution is 9.12. The lowest BCUT2D eigenvalue weighted by atomic mass is 9.98. The van der Waals surface area contributed by atoms with Gasteiger partial charge in [-0.2, -0.15) is 0 Å². The van der Waals surface area contributed by atoms with Crippen molar-refractivity contribution in [3.63, 3.8) is 0 Å². The minimum Gasteiger partial charge on any atom is -0.0916 e. The summed E-state index contributed by atoms with van der Waals surface area (Å²) in [6.45, 7) is 0. The number of fused-ring (bicyclic) bond motifs is 3. The molecule has 0 saturated heterocycles. The third kappa shape index (κ3) is 2.17. The topological polar surface area (TPSA) is 0 Å². The average molecular weight is 366 g/mol. The maximum absolute atomic E-state index is 3.71. The highest BCUT2D eigenvalue weighted by Gasteiger charge is 2.20. The Kier molecular flexibility index (Phi) is 3.58. The molecule has 1 aliphatic rings. The molecule has 1 aliphatic carbocycles. The maximum Gasteiger partial charge on any atom is 0.0283 e. The Bertz CT molecular complexity index is 575. The van der Waals surface area contributed by atoms with Crippen molar-refractivity contribution in [3.8, 4) is 11.1 Å². The number of alkyl halides is 2. The molecule has 2 heteroatoms. The summed E-state index contributed by atoms with van der Waals surface area (Å²) >= 11 is 7.24. The molecule has 3 rings (SSSR count). The summed E-state index contributed by atoms with van der Waals surface area (Å²) in [5.74, 6) is 0. The predicted octanol–water partition coefficient (Wildman–Crippen LogP) is 4.96. The fourth-order valence-corrected chi connectivity index (χ4v) is 3.29. The summed E-state index contributed by atoms with van der Waals surface area (Å²) in [5, 5.41) is 0.990. The molecular weight excluding hydrogens is 352 g/mol. The molecule has 0 radical (unpaired) electrons. The van der Waals surface area contributed by atoms with Crippen LogP contribution in [0.2, 0.25) is 0 Å². The van der Waals surface area contributed by atoms with E-state index >= 15 is 0 Å². The first-order valence-electron chi connectivity index (χ1n) is 6.18. The third-order valence-electron chi connectivity index (χ3n) is 3.56. The molecule has 2 aromatic rings. The van der Waals surface area contributed by atoms with Crippen LogP contribution in [0.3, 0.4) is 0 Å². The van der Waals surface area contributed by atoms with Crippen LogP contribution in [0.5, 0.6) is 0 Å². The smallest absolute Gasteiger partial charge is 0.0283 e. The van der Waals surface area contributed by atoms with E-state index in [0.717, 1.165) is 18.2 Å². The summed E-state index contributed by atoms with van der Waals surface area (Å²) < 4.78 is 0. The number of hydrogen-bond donors (Lipinski definition) is 0. The largest absolute Gasteiger partial charge is 0.0916 e. The van der Waals surface area contributed by atoms with E-state index in [1.165, 1.54) is 27.8 Å². The lowest BCUT2D eigenvalue weighted by Gasteiger charge is -2.11. The second kappa shape index (κ2) is 5.18. The van der Waals surface area contributed by atoms with Gasteiger partial charge in [0.2, 0.25) is 0 Å². The maximum atomic E-state index is 3.71. The highest BCUT2D eigenvalue weighted by atomic mass is 79.9. The summed E-state index contributed by atoms with van der Waals surface area (Å²) in [6.07, 6.45) is 2.17. The van der Waals surface area contributed by atoms with Crippen LogP contribution in [0, 0.1) is 0 Å². The predicted molar refractivity (Wildman–Crippen MR) is 84.9 cm³/mol. The molecule has 18 heavy (non-hydrogen) atoms. The van der Waals surface area contributed by atoms with Gasteiger partial charge in [-0.25, -0.2) is 0 Å². The van der Waals surface area contributed by atoms with Crippen LogP contribution in [0.4, 0.5) is 0 Å². The van der Waals surface area contributed by atoms with Crippen LogP contribution in [0.15, 0.2) is 42.5 Å². The van der Waals surface area contributed by atoms with Crippen molar-refractivity contribution in [2.75, 3.05) is 5.33 Å². The molecule has 1 atom stereocenters. The van der Waals surface area contributed by atoms with Gasteiger partial charge < -0.3 is 0 Å². The van der Waals surface area contributed by atoms with E-state index in [1.807, 2.05) is 0 Å². The standard InChI is InChI=1S/C16H14Br2/c17-10-13(18)8-11-5-3-7-15-14-6-2-1-4-12(14)9-16(11)15/h1-7,13H,8-10H2. The van der Waals surface area contributed by atoms with Gasteiger partial charge in [-0.1, -0.05) is 74.3 Å². The van der Waals surface area contributed by atoms with Crippen molar-refractivity contribution in [1.29, 1.82) is 0 Å². The lowest BCUT2D eigenvalue weighted by Crippen LogP contribution is -2.06. The molecule has 0 N–H and O–H groups in total. The normalized spacial score (nSPS) is 14.1. The van der Waals surface area contributed by atoms with E-state index in [2.05, 4.69) is 74.3 Å². The molecule has 0 bridgehead atoms. The van der Waals surface area contributed by atoms with Crippen LogP contribution in [-0.4, -0.2) is 10.2 Å². The van der Waals surface area contributed by atoms with Crippen molar-refractivity contribution in [2.45, 2.75) is 17.7 Å². The molecular formula is C16H14Br2. The van der Waals surface area contributed by atoms with Gasteiger partial charge in [0.15, 0.2) is 0 Å². The molecule has 2 aromatic carbocycles. The Morgan fingerprint density at radius 1 is 1.00 bits per heavy atom. The zero-order valence-electron chi connectivity index (χ0n) is 10.00. The first kappa shape index (κ1) is 12.4. The van der Waals surface area contributed by atoms with E-state index in [4.69, 9.17) is 0 Å². The van der Waals surface area contributed by atoms with Crippen LogP contribution in [0.1, 0.15) is 16.7 Å². The van der Waals surface area contributed by atoms with Crippen molar-refractivity contribution in [3.05, 3.63) is 59.2 Å². The molecule has 92 valence electrons. The zero-order chi connectivity index (χ0) is 12.5. The number of halogens is 2. The minimum absolute atomic E-state index is 0.507. The van der Waals surface area contributed by atoms with Crippen LogP contribution in [-0.2, 0) is 12.8 Å². The summed E-state index contributed by atoms with van der Waals surface area (Å²) in [5.41, 5.74) is 7.30. The van der Waals surface area contributed by atoms with Gasteiger partial charge >= 0.3 is 0 Å². The van der Waals surface area contributed by atoms with Gasteiger partial charge in [-0.3, -0.25) is 0 Å². The van der Waals surface area contributed by atoms with Gasteiger partial charge in [0, 0.05) is 10.2 Å². The molecule has 0 aliphatic heterocycles. The average Bonchev–Trinajstić information content (AvgIpc) is 2.78. The van der Waals surface area contributed by atoms with Crippen LogP contribution >= 0.6 is 31.9 Å². The summed E-state index contributed by atoms with van der Waals surface area (Å²) in [4.78, 5) is 0.507. The Morgan fingerprint density at radius 3 is 2.61 bits per heavy atom. The number of hydrogen-bond acceptors (Lipinski definition) is 0. The summed E-state index contributed by atoms with van der Waals surface area (Å²) in [7, 11) is 0. The summed E-state index contributed by atoms with van der Waals surface area (Å²) in [6, 6.07) is 15.5. The molecule has 0 amide bonds. The second-order valence-corrected chi connectivity index (χ2v) is 6.68. The van der Waals surface area contributed by atoms with Crippen LogP contribution in [0.25, 0.3) is 11.1 Å². The van der Waals surface area contributed by atoms with Crippen molar-refractivity contribution >= 4 is 31.9 Å². The van der Waals surface area contributed by atoms with Gasteiger partial charge in [-0.05, 0) is 40.7 Å². The lowest BCUT2D eigenvalue weighted by molar-refractivity contribution is 0.958. The van der Waals surface area contributed by atoms with E-state index in [-0.39, 0.29) is 0 Å². The Hall–Kier alpha value is -0.600. The SMILES string of the molecule is BrCC(Br)Cc1cccc2c1Cc1ccccc1-2. The van der Waals surface area contributed by atoms with Gasteiger partial charge in [0.05, 0.1) is 0 Å². The van der Waals surface area contributed by atoms with Gasteiger partial charge in [-0.15, -0.1) is 0 Å². The quantitative estimate of drug-likeness (QED) is 0.575. The van der Waals surface area contributed by atoms with Crippen molar-refractivity contribution in [1.82, 2.24) is 0 Å². The Morgan fingerprint density at radius 2 is 1.78 bits per heavy atom. The highest BCUT2D eigenvalue weighted by Crippen LogP contribution is 2.38. The Labute approximate surface area is 125 Å². The second-order valence-electron chi connectivity index (χ2n) is 4.73. The molecule has 0 aromatic heterocycles. The molecule has 0 heterocycles. The van der Waals surface area contributed by atoms with E-state index in [1.54, 1.807) is 0 Å². The van der Waals surface area contributed by atoms with E-state index in [0.29, 0.717) is 4.83 Å². The Balaban J connectivity index is 2.03. The number of benzene rings is 2. The number of rotatable bonds is 3. The van der Waals surface area contributed by atoms with Crippen molar-refractivity contribution < 1.29 is 0 Å². The third-order valence-corrected chi connectivity index (χ3v) is 5.85.